The lowest BCUT2D eigenvalue weighted by Gasteiger charge is -2.21. The van der Waals surface area contributed by atoms with Crippen molar-refractivity contribution >= 4 is 50.7 Å². The van der Waals surface area contributed by atoms with Gasteiger partial charge in [-0.05, 0) is 49.5 Å². The molecule has 7 nitrogen and oxygen atoms in total. The van der Waals surface area contributed by atoms with Gasteiger partial charge in [0.1, 0.15) is 0 Å². The summed E-state index contributed by atoms with van der Waals surface area (Å²) in [5.74, 6) is 0. The normalized spacial score (nSPS) is 14.5. The molecule has 2 aromatic carbocycles. The number of benzene rings is 2. The van der Waals surface area contributed by atoms with Crippen LogP contribution < -0.4 is 10.1 Å². The van der Waals surface area contributed by atoms with Crippen LogP contribution in [-0.2, 0) is 10.0 Å². The largest absolute Gasteiger partial charge is 0.328 e. The molecule has 0 bridgehead atoms. The van der Waals surface area contributed by atoms with Crippen LogP contribution in [0.2, 0.25) is 5.02 Å². The van der Waals surface area contributed by atoms with Crippen LogP contribution in [0.5, 0.6) is 0 Å². The van der Waals surface area contributed by atoms with Gasteiger partial charge in [-0.2, -0.15) is 0 Å². The van der Waals surface area contributed by atoms with E-state index < -0.39 is 16.1 Å². The topological polar surface area (TPSA) is 81.8 Å². The van der Waals surface area contributed by atoms with Crippen LogP contribution in [0.15, 0.2) is 53.4 Å². The van der Waals surface area contributed by atoms with E-state index in [1.165, 1.54) is 22.0 Å². The Balaban J connectivity index is 1.67. The van der Waals surface area contributed by atoms with Crippen LogP contribution in [0.4, 0.5) is 10.5 Å². The SMILES string of the molecule is Cc1ccc(S(=O)(=O)NN2CCN(C(=O)Nc3cccc(Cl)c3)C2=S)cc1. The third kappa shape index (κ3) is 4.56. The molecule has 0 aliphatic carbocycles. The molecule has 0 aromatic heterocycles. The Labute approximate surface area is 167 Å². The number of thiocarbonyl (C=S) groups is 1. The van der Waals surface area contributed by atoms with E-state index in [4.69, 9.17) is 23.8 Å². The first-order chi connectivity index (χ1) is 12.8. The summed E-state index contributed by atoms with van der Waals surface area (Å²) in [6.45, 7) is 2.37. The molecule has 142 valence electrons. The Kier molecular flexibility index (Phi) is 5.66. The lowest BCUT2D eigenvalue weighted by Crippen LogP contribution is -2.46. The number of carbonyl (C=O) groups is 1. The summed E-state index contributed by atoms with van der Waals surface area (Å²) in [5, 5.41) is 4.52. The summed E-state index contributed by atoms with van der Waals surface area (Å²) in [4.78, 5) is 16.3. The highest BCUT2D eigenvalue weighted by Gasteiger charge is 2.32. The summed E-state index contributed by atoms with van der Waals surface area (Å²) in [7, 11) is -3.79. The number of carbonyl (C=O) groups excluding carboxylic acids is 1. The number of halogens is 1. The number of aryl methyl sites for hydroxylation is 1. The number of sulfonamides is 1. The first kappa shape index (κ1) is 19.6. The first-order valence-electron chi connectivity index (χ1n) is 8.01. The predicted octanol–water partition coefficient (Wildman–Crippen LogP) is 2.98. The number of urea groups is 1. The van der Waals surface area contributed by atoms with Gasteiger partial charge in [-0.1, -0.05) is 35.4 Å². The predicted molar refractivity (Wildman–Crippen MR) is 108 cm³/mol. The lowest BCUT2D eigenvalue weighted by molar-refractivity contribution is 0.237. The van der Waals surface area contributed by atoms with Gasteiger partial charge in [-0.25, -0.2) is 13.2 Å². The molecule has 0 radical (unpaired) electrons. The maximum absolute atomic E-state index is 12.5. The molecule has 10 heteroatoms. The van der Waals surface area contributed by atoms with Gasteiger partial charge >= 0.3 is 6.03 Å². The Hall–Kier alpha value is -2.20. The first-order valence-corrected chi connectivity index (χ1v) is 10.3. The van der Waals surface area contributed by atoms with Crippen molar-refractivity contribution in [2.75, 3.05) is 18.4 Å². The van der Waals surface area contributed by atoms with Crippen molar-refractivity contribution in [1.29, 1.82) is 0 Å². The van der Waals surface area contributed by atoms with Crippen molar-refractivity contribution in [1.82, 2.24) is 14.7 Å². The molecule has 27 heavy (non-hydrogen) atoms. The van der Waals surface area contributed by atoms with Crippen molar-refractivity contribution in [2.24, 2.45) is 0 Å². The van der Waals surface area contributed by atoms with E-state index in [9.17, 15) is 13.2 Å². The highest BCUT2D eigenvalue weighted by molar-refractivity contribution is 7.89. The van der Waals surface area contributed by atoms with Crippen LogP contribution in [0, 0.1) is 6.92 Å². The quantitative estimate of drug-likeness (QED) is 0.737. The van der Waals surface area contributed by atoms with E-state index in [1.54, 1.807) is 36.4 Å². The van der Waals surface area contributed by atoms with E-state index in [2.05, 4.69) is 10.1 Å². The molecular weight excluding hydrogens is 408 g/mol. The number of hydrogen-bond donors (Lipinski definition) is 2. The van der Waals surface area contributed by atoms with Gasteiger partial charge in [0.05, 0.1) is 11.4 Å². The highest BCUT2D eigenvalue weighted by Crippen LogP contribution is 2.17. The van der Waals surface area contributed by atoms with Crippen molar-refractivity contribution in [3.63, 3.8) is 0 Å². The second kappa shape index (κ2) is 7.81. The number of rotatable bonds is 4. The molecule has 0 spiro atoms. The fourth-order valence-electron chi connectivity index (χ4n) is 2.48. The molecule has 2 N–H and O–H groups in total. The molecule has 0 unspecified atom stereocenters. The number of nitrogens with one attached hydrogen (secondary N) is 2. The van der Waals surface area contributed by atoms with Crippen molar-refractivity contribution in [3.05, 3.63) is 59.1 Å². The molecular formula is C17H17ClN4O3S2. The van der Waals surface area contributed by atoms with Crippen molar-refractivity contribution in [2.45, 2.75) is 11.8 Å². The Morgan fingerprint density at radius 3 is 2.52 bits per heavy atom. The van der Waals surface area contributed by atoms with Gasteiger partial charge in [-0.15, -0.1) is 4.83 Å². The minimum Gasteiger partial charge on any atom is -0.307 e. The smallest absolute Gasteiger partial charge is 0.307 e. The molecule has 1 fully saturated rings. The summed E-state index contributed by atoms with van der Waals surface area (Å²) in [5.41, 5.74) is 1.48. The van der Waals surface area contributed by atoms with E-state index in [0.717, 1.165) is 5.56 Å². The number of hydrogen-bond acceptors (Lipinski definition) is 4. The van der Waals surface area contributed by atoms with Gasteiger partial charge in [0.15, 0.2) is 5.11 Å². The summed E-state index contributed by atoms with van der Waals surface area (Å²) in [6, 6.07) is 12.7. The summed E-state index contributed by atoms with van der Waals surface area (Å²) >= 11 is 11.2. The van der Waals surface area contributed by atoms with Gasteiger partial charge in [0, 0.05) is 17.3 Å². The molecule has 2 amide bonds. The second-order valence-corrected chi connectivity index (χ2v) is 8.40. The van der Waals surface area contributed by atoms with E-state index in [0.29, 0.717) is 10.7 Å². The monoisotopic (exact) mass is 424 g/mol. The third-order valence-corrected chi connectivity index (χ3v) is 5.92. The Bertz CT molecular complexity index is 980. The number of nitrogens with zero attached hydrogens (tertiary/aromatic N) is 2. The van der Waals surface area contributed by atoms with Gasteiger partial charge in [0.25, 0.3) is 10.0 Å². The zero-order valence-corrected chi connectivity index (χ0v) is 16.7. The molecule has 0 atom stereocenters. The fraction of sp³-hybridized carbons (Fsp3) is 0.176. The zero-order chi connectivity index (χ0) is 19.6. The van der Waals surface area contributed by atoms with E-state index in [-0.39, 0.29) is 23.1 Å². The van der Waals surface area contributed by atoms with Gasteiger partial charge < -0.3 is 5.32 Å². The molecule has 1 aliphatic heterocycles. The van der Waals surface area contributed by atoms with Crippen LogP contribution in [-0.4, -0.2) is 42.6 Å². The van der Waals surface area contributed by atoms with Crippen molar-refractivity contribution in [3.8, 4) is 0 Å². The average Bonchev–Trinajstić information content (AvgIpc) is 2.95. The number of anilines is 1. The van der Waals surface area contributed by atoms with Crippen molar-refractivity contribution < 1.29 is 13.2 Å². The number of amides is 2. The minimum absolute atomic E-state index is 0.0743. The fourth-order valence-corrected chi connectivity index (χ4v) is 4.11. The standard InChI is InChI=1S/C17H17ClN4O3S2/c1-12-5-7-15(8-6-12)27(24,25)20-22-10-9-21(17(22)26)16(23)19-14-4-2-3-13(18)11-14/h2-8,11,20H,9-10H2,1H3,(H,19,23). The maximum Gasteiger partial charge on any atom is 0.328 e. The van der Waals surface area contributed by atoms with Crippen LogP contribution >= 0.6 is 23.8 Å². The Morgan fingerprint density at radius 1 is 1.15 bits per heavy atom. The van der Waals surface area contributed by atoms with Crippen LogP contribution in [0.25, 0.3) is 0 Å². The van der Waals surface area contributed by atoms with E-state index >= 15 is 0 Å². The minimum atomic E-state index is -3.79. The lowest BCUT2D eigenvalue weighted by atomic mass is 10.2. The highest BCUT2D eigenvalue weighted by atomic mass is 35.5. The molecule has 1 aliphatic rings. The molecule has 1 heterocycles. The van der Waals surface area contributed by atoms with Gasteiger partial charge in [-0.3, -0.25) is 9.91 Å². The second-order valence-electron chi connectivity index (χ2n) is 5.93. The third-order valence-electron chi connectivity index (χ3n) is 3.89. The maximum atomic E-state index is 12.5. The summed E-state index contributed by atoms with van der Waals surface area (Å²) < 4.78 is 25.0. The molecule has 0 saturated carbocycles. The zero-order valence-electron chi connectivity index (χ0n) is 14.3. The van der Waals surface area contributed by atoms with Crippen LogP contribution in [0.1, 0.15) is 5.56 Å². The Morgan fingerprint density at radius 2 is 1.85 bits per heavy atom. The average molecular weight is 425 g/mol. The molecule has 1 saturated heterocycles. The molecule has 2 aromatic rings. The van der Waals surface area contributed by atoms with Gasteiger partial charge in [0.2, 0.25) is 0 Å². The summed E-state index contributed by atoms with van der Waals surface area (Å²) in [6.07, 6.45) is 0. The number of hydrazine groups is 1. The van der Waals surface area contributed by atoms with Crippen LogP contribution in [0.3, 0.4) is 0 Å². The van der Waals surface area contributed by atoms with E-state index in [1.807, 2.05) is 6.92 Å². The molecule has 3 rings (SSSR count).